The molecule has 28 heavy (non-hydrogen) atoms. The summed E-state index contributed by atoms with van der Waals surface area (Å²) in [6.07, 6.45) is 9.75. The maximum Gasteiger partial charge on any atom is 0.481 e. The van der Waals surface area contributed by atoms with Crippen LogP contribution < -0.4 is 0 Å². The lowest BCUT2D eigenvalue weighted by Gasteiger charge is -2.23. The second kappa shape index (κ2) is 12.2. The van der Waals surface area contributed by atoms with E-state index in [9.17, 15) is 18.9 Å². The van der Waals surface area contributed by atoms with Gasteiger partial charge in [-0.25, -0.2) is 9.13 Å². The van der Waals surface area contributed by atoms with Crippen LogP contribution in [0.3, 0.4) is 0 Å². The highest BCUT2D eigenvalue weighted by Crippen LogP contribution is 2.61. The van der Waals surface area contributed by atoms with Gasteiger partial charge in [-0.05, 0) is 74.1 Å². The third kappa shape index (κ3) is 16.4. The van der Waals surface area contributed by atoms with E-state index in [1.807, 2.05) is 6.92 Å². The first-order valence-corrected chi connectivity index (χ1v) is 12.3. The summed E-state index contributed by atoms with van der Waals surface area (Å²) < 4.78 is 37.3. The molecule has 0 radical (unpaired) electrons. The minimum Gasteiger partial charge on any atom is -0.302 e. The van der Waals surface area contributed by atoms with Crippen molar-refractivity contribution in [1.29, 1.82) is 0 Å². The number of hydrogen-bond acceptors (Lipinski definition) is 5. The van der Waals surface area contributed by atoms with Crippen LogP contribution in [-0.2, 0) is 22.5 Å². The molecule has 9 heteroatoms. The Labute approximate surface area is 169 Å². The van der Waals surface area contributed by atoms with Crippen molar-refractivity contribution in [1.82, 2.24) is 0 Å². The van der Waals surface area contributed by atoms with Gasteiger partial charge in [0.2, 0.25) is 0 Å². The molecule has 0 spiro atoms. The van der Waals surface area contributed by atoms with Gasteiger partial charge in [0.05, 0.1) is 12.2 Å². The van der Waals surface area contributed by atoms with Crippen LogP contribution in [0.15, 0.2) is 34.9 Å². The van der Waals surface area contributed by atoms with Gasteiger partial charge >= 0.3 is 15.6 Å². The van der Waals surface area contributed by atoms with Crippen molar-refractivity contribution in [2.45, 2.75) is 79.8 Å². The SMILES string of the molecule is CC(C)=CCCC(C)=CCCC(C)=CCOP(=O)(O)OP(=O)(O)OC(C)(C)C. The van der Waals surface area contributed by atoms with Gasteiger partial charge in [0.1, 0.15) is 0 Å². The van der Waals surface area contributed by atoms with Crippen molar-refractivity contribution in [3.8, 4) is 0 Å². The van der Waals surface area contributed by atoms with Gasteiger partial charge in [-0.3, -0.25) is 9.05 Å². The van der Waals surface area contributed by atoms with Gasteiger partial charge in [0.25, 0.3) is 0 Å². The number of allylic oxidation sites excluding steroid dienone is 5. The molecule has 2 unspecified atom stereocenters. The summed E-state index contributed by atoms with van der Waals surface area (Å²) >= 11 is 0. The summed E-state index contributed by atoms with van der Waals surface area (Å²) in [5, 5.41) is 0. The highest BCUT2D eigenvalue weighted by atomic mass is 31.3. The standard InChI is InChI=1S/C19H36O7P2/c1-16(2)10-8-11-17(3)12-9-13-18(4)14-15-24-27(20,21)26-28(22,23)25-19(5,6)7/h10,12,14H,8-9,11,13,15H2,1-7H3,(H,20,21)(H,22,23). The van der Waals surface area contributed by atoms with Gasteiger partial charge in [0, 0.05) is 0 Å². The summed E-state index contributed by atoms with van der Waals surface area (Å²) in [5.74, 6) is 0. The highest BCUT2D eigenvalue weighted by molar-refractivity contribution is 7.61. The first-order chi connectivity index (χ1) is 12.6. The van der Waals surface area contributed by atoms with Gasteiger partial charge in [-0.15, -0.1) is 0 Å². The third-order valence-corrected chi connectivity index (χ3v) is 6.29. The summed E-state index contributed by atoms with van der Waals surface area (Å²) in [6.45, 7) is 12.5. The number of hydrogen-bond donors (Lipinski definition) is 2. The van der Waals surface area contributed by atoms with Crippen LogP contribution in [0.25, 0.3) is 0 Å². The van der Waals surface area contributed by atoms with Gasteiger partial charge < -0.3 is 9.79 Å². The first kappa shape index (κ1) is 27.5. The molecule has 0 aromatic heterocycles. The Hall–Kier alpha value is -0.520. The molecule has 0 amide bonds. The maximum absolute atomic E-state index is 11.8. The molecule has 2 atom stereocenters. The van der Waals surface area contributed by atoms with Crippen LogP contribution in [0, 0.1) is 0 Å². The molecule has 0 saturated heterocycles. The monoisotopic (exact) mass is 438 g/mol. The van der Waals surface area contributed by atoms with Crippen molar-refractivity contribution < 1.29 is 32.3 Å². The average molecular weight is 438 g/mol. The summed E-state index contributed by atoms with van der Waals surface area (Å²) in [7, 11) is -9.43. The molecule has 7 nitrogen and oxygen atoms in total. The Morgan fingerprint density at radius 1 is 0.857 bits per heavy atom. The fourth-order valence-corrected chi connectivity index (χ4v) is 4.45. The number of phosphoric acid groups is 2. The molecule has 164 valence electrons. The van der Waals surface area contributed by atoms with E-state index in [2.05, 4.69) is 37.2 Å². The van der Waals surface area contributed by atoms with Crippen molar-refractivity contribution in [3.05, 3.63) is 34.9 Å². The van der Waals surface area contributed by atoms with E-state index in [0.717, 1.165) is 31.3 Å². The minimum atomic E-state index is -4.72. The molecule has 0 aromatic carbocycles. The zero-order valence-corrected chi connectivity index (χ0v) is 19.9. The number of phosphoric ester groups is 2. The van der Waals surface area contributed by atoms with Crippen LogP contribution in [-0.4, -0.2) is 22.0 Å². The Balaban J connectivity index is 4.40. The molecule has 0 heterocycles. The molecule has 0 aliphatic heterocycles. The lowest BCUT2D eigenvalue weighted by molar-refractivity contribution is 0.0760. The van der Waals surface area contributed by atoms with Crippen molar-refractivity contribution in [3.63, 3.8) is 0 Å². The molecule has 0 saturated carbocycles. The van der Waals surface area contributed by atoms with Crippen LogP contribution in [0.4, 0.5) is 0 Å². The predicted molar refractivity (Wildman–Crippen MR) is 113 cm³/mol. The largest absolute Gasteiger partial charge is 0.481 e. The summed E-state index contributed by atoms with van der Waals surface area (Å²) in [6, 6.07) is 0. The van der Waals surface area contributed by atoms with Gasteiger partial charge in [0.15, 0.2) is 0 Å². The minimum absolute atomic E-state index is 0.210. The number of rotatable bonds is 12. The topological polar surface area (TPSA) is 102 Å². The second-order valence-electron chi connectivity index (χ2n) is 7.98. The lowest BCUT2D eigenvalue weighted by Crippen LogP contribution is -2.17. The average Bonchev–Trinajstić information content (AvgIpc) is 2.42. The fourth-order valence-electron chi connectivity index (χ4n) is 2.13. The van der Waals surface area contributed by atoms with E-state index in [4.69, 9.17) is 9.05 Å². The Morgan fingerprint density at radius 3 is 1.86 bits per heavy atom. The zero-order chi connectivity index (χ0) is 22.0. The maximum atomic E-state index is 11.8. The lowest BCUT2D eigenvalue weighted by atomic mass is 10.1. The van der Waals surface area contributed by atoms with Crippen LogP contribution in [0.5, 0.6) is 0 Å². The Kier molecular flexibility index (Phi) is 12.0. The molecule has 0 aromatic rings. The highest BCUT2D eigenvalue weighted by Gasteiger charge is 2.38. The van der Waals surface area contributed by atoms with Crippen LogP contribution in [0.2, 0.25) is 0 Å². The molecule has 0 bridgehead atoms. The normalized spacial score (nSPS) is 17.8. The third-order valence-electron chi connectivity index (χ3n) is 3.39. The summed E-state index contributed by atoms with van der Waals surface area (Å²) in [5.41, 5.74) is 2.61. The first-order valence-electron chi connectivity index (χ1n) is 9.29. The van der Waals surface area contributed by atoms with Gasteiger partial charge in [-0.1, -0.05) is 34.9 Å². The van der Waals surface area contributed by atoms with E-state index in [0.29, 0.717) is 0 Å². The van der Waals surface area contributed by atoms with E-state index in [-0.39, 0.29) is 6.61 Å². The fraction of sp³-hybridized carbons (Fsp3) is 0.684. The molecule has 0 aliphatic carbocycles. The smallest absolute Gasteiger partial charge is 0.302 e. The van der Waals surface area contributed by atoms with Crippen molar-refractivity contribution >= 4 is 15.6 Å². The van der Waals surface area contributed by atoms with E-state index in [1.54, 1.807) is 6.08 Å². The molecule has 2 N–H and O–H groups in total. The van der Waals surface area contributed by atoms with Gasteiger partial charge in [-0.2, -0.15) is 4.31 Å². The Morgan fingerprint density at radius 2 is 1.36 bits per heavy atom. The van der Waals surface area contributed by atoms with E-state index >= 15 is 0 Å². The van der Waals surface area contributed by atoms with E-state index in [1.165, 1.54) is 31.9 Å². The second-order valence-corrected chi connectivity index (χ2v) is 10.9. The van der Waals surface area contributed by atoms with Crippen molar-refractivity contribution in [2.75, 3.05) is 6.61 Å². The van der Waals surface area contributed by atoms with E-state index < -0.39 is 21.2 Å². The molecule has 0 fully saturated rings. The molecule has 0 rings (SSSR count). The Bertz CT molecular complexity index is 668. The van der Waals surface area contributed by atoms with Crippen molar-refractivity contribution in [2.24, 2.45) is 0 Å². The summed E-state index contributed by atoms with van der Waals surface area (Å²) in [4.78, 5) is 19.1. The quantitative estimate of drug-likeness (QED) is 0.266. The van der Waals surface area contributed by atoms with Crippen LogP contribution >= 0.6 is 15.6 Å². The predicted octanol–water partition coefficient (Wildman–Crippen LogP) is 6.45. The molecule has 0 aliphatic rings. The van der Waals surface area contributed by atoms with Crippen LogP contribution in [0.1, 0.15) is 74.1 Å². The molecular formula is C19H36O7P2. The zero-order valence-electron chi connectivity index (χ0n) is 18.1. The molecular weight excluding hydrogens is 402 g/mol.